The maximum Gasteiger partial charge on any atom is 0.0716 e. The number of rotatable bonds is 2. The van der Waals surface area contributed by atoms with Gasteiger partial charge in [0.05, 0.1) is 5.69 Å². The smallest absolute Gasteiger partial charge is 0.0716 e. The second-order valence-electron chi connectivity index (χ2n) is 2.11. The lowest BCUT2D eigenvalue weighted by Crippen LogP contribution is -1.93. The third-order valence-electron chi connectivity index (χ3n) is 1.45. The summed E-state index contributed by atoms with van der Waals surface area (Å²) in [6, 6.07) is 1.74. The van der Waals surface area contributed by atoms with Gasteiger partial charge in [0.25, 0.3) is 0 Å². The fraction of sp³-hybridized carbons (Fsp3) is 0. The molecular weight excluding hydrogens is 136 g/mol. The number of hydrogen-bond donors (Lipinski definition) is 1. The predicted molar refractivity (Wildman–Crippen MR) is 48.8 cm³/mol. The lowest BCUT2D eigenvalue weighted by Gasteiger charge is -2.01. The van der Waals surface area contributed by atoms with Crippen LogP contribution in [0.5, 0.6) is 0 Å². The highest BCUT2D eigenvalue weighted by atomic mass is 14.7. The first-order valence-electron chi connectivity index (χ1n) is 3.29. The molecule has 0 unspecified atom stereocenters. The number of hydrogen-bond acceptors (Lipinski definition) is 2. The molecular formula is C9H10N2. The van der Waals surface area contributed by atoms with Crippen molar-refractivity contribution in [1.29, 1.82) is 0 Å². The van der Waals surface area contributed by atoms with Crippen LogP contribution in [-0.2, 0) is 0 Å². The molecule has 0 saturated carbocycles. The lowest BCUT2D eigenvalue weighted by molar-refractivity contribution is 1.29. The first-order valence-corrected chi connectivity index (χ1v) is 3.29. The van der Waals surface area contributed by atoms with Crippen LogP contribution in [0.25, 0.3) is 12.2 Å². The van der Waals surface area contributed by atoms with E-state index in [1.165, 1.54) is 0 Å². The largest absolute Gasteiger partial charge is 0.398 e. The predicted octanol–water partition coefficient (Wildman–Crippen LogP) is 1.95. The molecule has 0 atom stereocenters. The molecule has 0 aliphatic heterocycles. The van der Waals surface area contributed by atoms with Gasteiger partial charge in [0.2, 0.25) is 0 Å². The monoisotopic (exact) mass is 146 g/mol. The molecule has 0 radical (unpaired) electrons. The van der Waals surface area contributed by atoms with Crippen LogP contribution in [-0.4, -0.2) is 4.98 Å². The van der Waals surface area contributed by atoms with E-state index < -0.39 is 0 Å². The second-order valence-corrected chi connectivity index (χ2v) is 2.11. The summed E-state index contributed by atoms with van der Waals surface area (Å²) in [5.74, 6) is 0. The minimum absolute atomic E-state index is 0.685. The summed E-state index contributed by atoms with van der Waals surface area (Å²) in [5, 5.41) is 0. The number of nitrogens with zero attached hydrogens (tertiary/aromatic N) is 1. The summed E-state index contributed by atoms with van der Waals surface area (Å²) in [5.41, 5.74) is 7.96. The summed E-state index contributed by atoms with van der Waals surface area (Å²) in [6.07, 6.45) is 4.99. The Morgan fingerprint density at radius 1 is 1.36 bits per heavy atom. The molecule has 0 amide bonds. The number of anilines is 1. The zero-order valence-electron chi connectivity index (χ0n) is 6.25. The lowest BCUT2D eigenvalue weighted by atomic mass is 10.1. The number of aromatic nitrogens is 1. The van der Waals surface area contributed by atoms with E-state index in [2.05, 4.69) is 18.1 Å². The quantitative estimate of drug-likeness (QED) is 0.692. The summed E-state index contributed by atoms with van der Waals surface area (Å²) < 4.78 is 0. The first-order chi connectivity index (χ1) is 5.29. The molecule has 2 heteroatoms. The molecule has 56 valence electrons. The molecule has 1 aromatic rings. The normalized spacial score (nSPS) is 9.09. The molecule has 0 saturated heterocycles. The van der Waals surface area contributed by atoms with Gasteiger partial charge in [0.15, 0.2) is 0 Å². The number of nitrogens with two attached hydrogens (primary N) is 1. The minimum Gasteiger partial charge on any atom is -0.398 e. The van der Waals surface area contributed by atoms with E-state index >= 15 is 0 Å². The van der Waals surface area contributed by atoms with Gasteiger partial charge < -0.3 is 5.73 Å². The second kappa shape index (κ2) is 3.01. The molecule has 2 nitrogen and oxygen atoms in total. The third-order valence-corrected chi connectivity index (χ3v) is 1.45. The summed E-state index contributed by atoms with van der Waals surface area (Å²) in [6.45, 7) is 7.25. The van der Waals surface area contributed by atoms with Gasteiger partial charge in [-0.15, -0.1) is 0 Å². The van der Waals surface area contributed by atoms with Gasteiger partial charge in [0, 0.05) is 17.4 Å². The summed E-state index contributed by atoms with van der Waals surface area (Å²) in [7, 11) is 0. The van der Waals surface area contributed by atoms with Crippen molar-refractivity contribution >= 4 is 17.8 Å². The van der Waals surface area contributed by atoms with Gasteiger partial charge in [-0.1, -0.05) is 19.2 Å². The molecule has 1 aromatic heterocycles. The van der Waals surface area contributed by atoms with E-state index in [1.807, 2.05) is 0 Å². The van der Waals surface area contributed by atoms with Crippen LogP contribution in [0.15, 0.2) is 25.4 Å². The highest BCUT2D eigenvalue weighted by Crippen LogP contribution is 2.16. The molecule has 0 bridgehead atoms. The highest BCUT2D eigenvalue weighted by molar-refractivity contribution is 5.70. The van der Waals surface area contributed by atoms with Gasteiger partial charge in [-0.05, 0) is 12.1 Å². The van der Waals surface area contributed by atoms with Crippen LogP contribution >= 0.6 is 0 Å². The Kier molecular flexibility index (Phi) is 2.06. The topological polar surface area (TPSA) is 38.9 Å². The van der Waals surface area contributed by atoms with E-state index in [0.717, 1.165) is 11.3 Å². The van der Waals surface area contributed by atoms with E-state index in [9.17, 15) is 0 Å². The molecule has 0 aliphatic rings. The van der Waals surface area contributed by atoms with Crippen LogP contribution < -0.4 is 5.73 Å². The molecule has 11 heavy (non-hydrogen) atoms. The maximum atomic E-state index is 5.65. The average Bonchev–Trinajstić information content (AvgIpc) is 2.04. The van der Waals surface area contributed by atoms with Gasteiger partial charge in [-0.25, -0.2) is 0 Å². The van der Waals surface area contributed by atoms with Crippen molar-refractivity contribution in [3.8, 4) is 0 Å². The first kappa shape index (κ1) is 7.54. The van der Waals surface area contributed by atoms with E-state index in [4.69, 9.17) is 5.73 Å². The number of nitrogen functional groups attached to an aromatic ring is 1. The summed E-state index contributed by atoms with van der Waals surface area (Å²) in [4.78, 5) is 4.06. The Labute approximate surface area is 66.1 Å². The van der Waals surface area contributed by atoms with E-state index in [-0.39, 0.29) is 0 Å². The molecule has 0 aliphatic carbocycles. The van der Waals surface area contributed by atoms with Gasteiger partial charge in [0.1, 0.15) is 0 Å². The zero-order valence-corrected chi connectivity index (χ0v) is 6.25. The maximum absolute atomic E-state index is 5.65. The third kappa shape index (κ3) is 1.29. The molecule has 2 N–H and O–H groups in total. The average molecular weight is 146 g/mol. The van der Waals surface area contributed by atoms with E-state index in [0.29, 0.717) is 5.69 Å². The Morgan fingerprint density at radius 2 is 2.09 bits per heavy atom. The van der Waals surface area contributed by atoms with Crippen molar-refractivity contribution in [2.45, 2.75) is 0 Å². The Hall–Kier alpha value is -1.57. The van der Waals surface area contributed by atoms with Crippen molar-refractivity contribution in [3.63, 3.8) is 0 Å². The molecule has 1 rings (SSSR count). The highest BCUT2D eigenvalue weighted by Gasteiger charge is 1.98. The van der Waals surface area contributed by atoms with Crippen molar-refractivity contribution in [2.75, 3.05) is 5.73 Å². The van der Waals surface area contributed by atoms with Gasteiger partial charge >= 0.3 is 0 Å². The van der Waals surface area contributed by atoms with Crippen LogP contribution in [0.3, 0.4) is 0 Å². The number of pyridine rings is 1. The van der Waals surface area contributed by atoms with Crippen LogP contribution in [0.2, 0.25) is 0 Å². The molecule has 0 spiro atoms. The fourth-order valence-corrected chi connectivity index (χ4v) is 0.890. The van der Waals surface area contributed by atoms with Crippen LogP contribution in [0.4, 0.5) is 5.69 Å². The zero-order chi connectivity index (χ0) is 8.27. The van der Waals surface area contributed by atoms with Crippen molar-refractivity contribution in [3.05, 3.63) is 36.7 Å². The van der Waals surface area contributed by atoms with Gasteiger partial charge in [-0.2, -0.15) is 0 Å². The molecule has 0 aromatic carbocycles. The van der Waals surface area contributed by atoms with Crippen molar-refractivity contribution in [2.24, 2.45) is 0 Å². The minimum atomic E-state index is 0.685. The SMILES string of the molecule is C=Cc1nccc(N)c1C=C. The fourth-order valence-electron chi connectivity index (χ4n) is 0.890. The van der Waals surface area contributed by atoms with Crippen molar-refractivity contribution < 1.29 is 0 Å². The Balaban J connectivity index is 3.35. The summed E-state index contributed by atoms with van der Waals surface area (Å²) >= 11 is 0. The molecule has 1 heterocycles. The van der Waals surface area contributed by atoms with Gasteiger partial charge in [-0.3, -0.25) is 4.98 Å². The standard InChI is InChI=1S/C9H10N2/c1-3-7-8(10)5-6-11-9(7)4-2/h3-6H,1-2H2,(H2,10,11). The Morgan fingerprint density at radius 3 is 2.55 bits per heavy atom. The van der Waals surface area contributed by atoms with Crippen LogP contribution in [0.1, 0.15) is 11.3 Å². The van der Waals surface area contributed by atoms with Crippen molar-refractivity contribution in [1.82, 2.24) is 4.98 Å². The molecule has 0 fully saturated rings. The Bertz CT molecular complexity index is 290. The van der Waals surface area contributed by atoms with E-state index in [1.54, 1.807) is 24.4 Å². The van der Waals surface area contributed by atoms with Crippen LogP contribution in [0, 0.1) is 0 Å².